The number of halogens is 3. The molecule has 0 amide bonds. The molecule has 1 unspecified atom stereocenters. The number of fused-ring (bicyclic) bond motifs is 1. The van der Waals surface area contributed by atoms with Gasteiger partial charge in [-0.05, 0) is 35.9 Å². The lowest BCUT2D eigenvalue weighted by molar-refractivity contribution is -0.274. The SMILES string of the molecule is CC(CC(=O)O)c1nnc(-c2ccc3occ(-c4cccc(OC(F)(F)F)c4)c3c2)o1. The fraction of sp³-hybridized carbons (Fsp3) is 0.190. The molecule has 4 rings (SSSR count). The van der Waals surface area contributed by atoms with Gasteiger partial charge in [0.05, 0.1) is 12.7 Å². The van der Waals surface area contributed by atoms with Crippen LogP contribution in [0.4, 0.5) is 13.2 Å². The lowest BCUT2D eigenvalue weighted by Crippen LogP contribution is -2.17. The lowest BCUT2D eigenvalue weighted by Gasteiger charge is -2.09. The number of benzene rings is 2. The van der Waals surface area contributed by atoms with Crippen molar-refractivity contribution in [3.63, 3.8) is 0 Å². The highest BCUT2D eigenvalue weighted by Crippen LogP contribution is 2.36. The maximum Gasteiger partial charge on any atom is 0.573 e. The smallest absolute Gasteiger partial charge is 0.481 e. The Morgan fingerprint density at radius 1 is 1.16 bits per heavy atom. The highest BCUT2D eigenvalue weighted by atomic mass is 19.4. The van der Waals surface area contributed by atoms with E-state index < -0.39 is 18.2 Å². The number of furan rings is 1. The van der Waals surface area contributed by atoms with Crippen molar-refractivity contribution in [2.75, 3.05) is 0 Å². The second-order valence-corrected chi connectivity index (χ2v) is 6.88. The first kappa shape index (κ1) is 20.5. The summed E-state index contributed by atoms with van der Waals surface area (Å²) in [5, 5.41) is 17.4. The molecule has 7 nitrogen and oxygen atoms in total. The van der Waals surface area contributed by atoms with Crippen LogP contribution in [-0.2, 0) is 4.79 Å². The lowest BCUT2D eigenvalue weighted by atomic mass is 10.0. The molecule has 2 aromatic carbocycles. The Bertz CT molecular complexity index is 1250. The number of alkyl halides is 3. The van der Waals surface area contributed by atoms with Gasteiger partial charge in [-0.1, -0.05) is 19.1 Å². The fourth-order valence-corrected chi connectivity index (χ4v) is 3.15. The molecular weight excluding hydrogens is 417 g/mol. The summed E-state index contributed by atoms with van der Waals surface area (Å²) >= 11 is 0. The van der Waals surface area contributed by atoms with Gasteiger partial charge in [0, 0.05) is 22.4 Å². The fourth-order valence-electron chi connectivity index (χ4n) is 3.15. The summed E-state index contributed by atoms with van der Waals surface area (Å²) in [6.45, 7) is 1.67. The van der Waals surface area contributed by atoms with Crippen molar-refractivity contribution in [3.05, 3.63) is 54.6 Å². The predicted molar refractivity (Wildman–Crippen MR) is 102 cm³/mol. The maximum atomic E-state index is 12.5. The van der Waals surface area contributed by atoms with E-state index in [0.29, 0.717) is 27.7 Å². The molecule has 10 heteroatoms. The van der Waals surface area contributed by atoms with Gasteiger partial charge in [-0.2, -0.15) is 0 Å². The van der Waals surface area contributed by atoms with Gasteiger partial charge in [-0.3, -0.25) is 4.79 Å². The molecule has 2 aromatic heterocycles. The van der Waals surface area contributed by atoms with E-state index in [9.17, 15) is 18.0 Å². The van der Waals surface area contributed by atoms with Gasteiger partial charge in [-0.25, -0.2) is 0 Å². The number of nitrogens with zero attached hydrogens (tertiary/aromatic N) is 2. The molecule has 0 saturated heterocycles. The Kier molecular flexibility index (Phi) is 5.14. The summed E-state index contributed by atoms with van der Waals surface area (Å²) in [6.07, 6.45) is -3.50. The van der Waals surface area contributed by atoms with Crippen molar-refractivity contribution in [3.8, 4) is 28.3 Å². The van der Waals surface area contributed by atoms with Crippen molar-refractivity contribution in [2.24, 2.45) is 0 Å². The molecule has 1 atom stereocenters. The van der Waals surface area contributed by atoms with E-state index in [1.165, 1.54) is 24.5 Å². The minimum Gasteiger partial charge on any atom is -0.481 e. The number of hydrogen-bond acceptors (Lipinski definition) is 6. The summed E-state index contributed by atoms with van der Waals surface area (Å²) in [6, 6.07) is 10.6. The van der Waals surface area contributed by atoms with Gasteiger partial charge in [0.15, 0.2) is 0 Å². The first-order chi connectivity index (χ1) is 14.7. The minimum atomic E-state index is -4.79. The zero-order chi connectivity index (χ0) is 22.2. The predicted octanol–water partition coefficient (Wildman–Crippen LogP) is 5.63. The third kappa shape index (κ3) is 4.52. The third-order valence-corrected chi connectivity index (χ3v) is 4.54. The van der Waals surface area contributed by atoms with E-state index in [1.807, 2.05) is 0 Å². The Balaban J connectivity index is 1.69. The van der Waals surface area contributed by atoms with Crippen LogP contribution >= 0.6 is 0 Å². The molecule has 31 heavy (non-hydrogen) atoms. The van der Waals surface area contributed by atoms with Crippen LogP contribution < -0.4 is 4.74 Å². The summed E-state index contributed by atoms with van der Waals surface area (Å²) < 4.78 is 52.8. The van der Waals surface area contributed by atoms with E-state index in [0.717, 1.165) is 0 Å². The molecular formula is C21H15F3N2O5. The Morgan fingerprint density at radius 2 is 1.97 bits per heavy atom. The minimum absolute atomic E-state index is 0.150. The number of ether oxygens (including phenoxy) is 1. The average molecular weight is 432 g/mol. The zero-order valence-electron chi connectivity index (χ0n) is 16.0. The molecule has 4 aromatic rings. The number of aromatic nitrogens is 2. The Hall–Kier alpha value is -3.82. The Morgan fingerprint density at radius 3 is 2.71 bits per heavy atom. The van der Waals surface area contributed by atoms with E-state index >= 15 is 0 Å². The van der Waals surface area contributed by atoms with Gasteiger partial charge in [0.1, 0.15) is 11.3 Å². The maximum absolute atomic E-state index is 12.5. The van der Waals surface area contributed by atoms with Crippen LogP contribution in [0, 0.1) is 0 Å². The van der Waals surface area contributed by atoms with Crippen molar-refractivity contribution in [2.45, 2.75) is 25.6 Å². The first-order valence-corrected chi connectivity index (χ1v) is 9.12. The molecule has 0 aliphatic rings. The Labute approximate surface area is 173 Å². The van der Waals surface area contributed by atoms with Crippen molar-refractivity contribution < 1.29 is 36.6 Å². The first-order valence-electron chi connectivity index (χ1n) is 9.12. The van der Waals surface area contributed by atoms with E-state index in [2.05, 4.69) is 14.9 Å². The van der Waals surface area contributed by atoms with E-state index in [1.54, 1.807) is 31.2 Å². The normalized spacial score (nSPS) is 12.8. The van der Waals surface area contributed by atoms with Gasteiger partial charge in [0.25, 0.3) is 0 Å². The van der Waals surface area contributed by atoms with Gasteiger partial charge in [0.2, 0.25) is 11.8 Å². The summed E-state index contributed by atoms with van der Waals surface area (Å²) in [7, 11) is 0. The number of carboxylic acid groups (broad SMARTS) is 1. The van der Waals surface area contributed by atoms with Crippen molar-refractivity contribution in [1.29, 1.82) is 0 Å². The standard InChI is InChI=1S/C21H15F3N2O5/c1-11(7-18(27)28)19-25-26-20(30-19)13-5-6-17-15(9-13)16(10-29-17)12-3-2-4-14(8-12)31-21(22,23)24/h2-6,8-11H,7H2,1H3,(H,27,28). The number of carboxylic acids is 1. The van der Waals surface area contributed by atoms with E-state index in [4.69, 9.17) is 13.9 Å². The highest BCUT2D eigenvalue weighted by molar-refractivity contribution is 5.96. The van der Waals surface area contributed by atoms with Gasteiger partial charge >= 0.3 is 12.3 Å². The van der Waals surface area contributed by atoms with Crippen LogP contribution in [0.1, 0.15) is 25.2 Å². The van der Waals surface area contributed by atoms with Crippen LogP contribution in [0.5, 0.6) is 5.75 Å². The molecule has 0 saturated carbocycles. The molecule has 2 heterocycles. The van der Waals surface area contributed by atoms with Gasteiger partial charge < -0.3 is 18.7 Å². The zero-order valence-corrected chi connectivity index (χ0v) is 16.0. The molecule has 0 aliphatic heterocycles. The molecule has 0 fully saturated rings. The largest absolute Gasteiger partial charge is 0.573 e. The van der Waals surface area contributed by atoms with E-state index in [-0.39, 0.29) is 24.0 Å². The molecule has 0 radical (unpaired) electrons. The summed E-state index contributed by atoms with van der Waals surface area (Å²) in [5.41, 5.74) is 2.10. The third-order valence-electron chi connectivity index (χ3n) is 4.54. The van der Waals surface area contributed by atoms with Crippen LogP contribution in [0.25, 0.3) is 33.6 Å². The molecule has 1 N–H and O–H groups in total. The van der Waals surface area contributed by atoms with Crippen LogP contribution in [0.15, 0.2) is 57.6 Å². The van der Waals surface area contributed by atoms with Crippen LogP contribution in [0.3, 0.4) is 0 Å². The molecule has 0 aliphatic carbocycles. The van der Waals surface area contributed by atoms with Crippen LogP contribution in [0.2, 0.25) is 0 Å². The van der Waals surface area contributed by atoms with Gasteiger partial charge in [-0.15, -0.1) is 23.4 Å². The molecule has 0 bridgehead atoms. The second-order valence-electron chi connectivity index (χ2n) is 6.88. The summed E-state index contributed by atoms with van der Waals surface area (Å²) in [5.74, 6) is -1.39. The van der Waals surface area contributed by atoms with Crippen molar-refractivity contribution >= 4 is 16.9 Å². The summed E-state index contributed by atoms with van der Waals surface area (Å²) in [4.78, 5) is 10.9. The van der Waals surface area contributed by atoms with Crippen molar-refractivity contribution in [1.82, 2.24) is 10.2 Å². The second kappa shape index (κ2) is 7.78. The number of carbonyl (C=O) groups is 1. The monoisotopic (exact) mass is 432 g/mol. The highest BCUT2D eigenvalue weighted by Gasteiger charge is 2.31. The number of aliphatic carboxylic acids is 1. The molecule has 0 spiro atoms. The number of hydrogen-bond donors (Lipinski definition) is 1. The molecule has 160 valence electrons. The van der Waals surface area contributed by atoms with Crippen LogP contribution in [-0.4, -0.2) is 27.6 Å². The topological polar surface area (TPSA) is 98.6 Å². The number of rotatable bonds is 6. The average Bonchev–Trinajstić information content (AvgIpc) is 3.33. The quantitative estimate of drug-likeness (QED) is 0.422.